The summed E-state index contributed by atoms with van der Waals surface area (Å²) in [5.74, 6) is 0.889. The Bertz CT molecular complexity index is 628. The first kappa shape index (κ1) is 8.91. The highest BCUT2D eigenvalue weighted by Gasteiger charge is 2.03. The topological polar surface area (TPSA) is 61.8 Å². The third-order valence-electron chi connectivity index (χ3n) is 2.43. The van der Waals surface area contributed by atoms with E-state index in [-0.39, 0.29) is 5.75 Å². The quantitative estimate of drug-likeness (QED) is 0.649. The fourth-order valence-electron chi connectivity index (χ4n) is 1.59. The molecule has 0 amide bonds. The van der Waals surface area contributed by atoms with Gasteiger partial charge in [-0.1, -0.05) is 0 Å². The van der Waals surface area contributed by atoms with Crippen molar-refractivity contribution in [3.8, 4) is 17.1 Å². The van der Waals surface area contributed by atoms with Gasteiger partial charge in [0.1, 0.15) is 11.4 Å². The van der Waals surface area contributed by atoms with E-state index in [1.54, 1.807) is 30.5 Å². The molecule has 78 valence electrons. The summed E-state index contributed by atoms with van der Waals surface area (Å²) >= 11 is 0. The molecule has 0 aliphatic carbocycles. The van der Waals surface area contributed by atoms with E-state index in [0.29, 0.717) is 5.82 Å². The summed E-state index contributed by atoms with van der Waals surface area (Å²) in [5, 5.41) is 10.2. The van der Waals surface area contributed by atoms with E-state index >= 15 is 0 Å². The molecule has 2 heterocycles. The van der Waals surface area contributed by atoms with Crippen molar-refractivity contribution in [3.05, 3.63) is 42.7 Å². The molecule has 0 atom stereocenters. The summed E-state index contributed by atoms with van der Waals surface area (Å²) in [5.41, 5.74) is 1.70. The van der Waals surface area contributed by atoms with E-state index in [1.165, 1.54) is 0 Å². The Morgan fingerprint density at radius 2 is 1.88 bits per heavy atom. The third-order valence-corrected chi connectivity index (χ3v) is 2.43. The number of hydrogen-bond acceptors (Lipinski definition) is 3. The average molecular weight is 211 g/mol. The number of rotatable bonds is 1. The number of aromatic amines is 1. The highest BCUT2D eigenvalue weighted by atomic mass is 16.3. The van der Waals surface area contributed by atoms with Gasteiger partial charge < -0.3 is 10.1 Å². The molecule has 0 saturated heterocycles. The van der Waals surface area contributed by atoms with Crippen LogP contribution in [-0.2, 0) is 0 Å². The summed E-state index contributed by atoms with van der Waals surface area (Å²) in [4.78, 5) is 11.7. The zero-order chi connectivity index (χ0) is 11.0. The molecule has 0 spiro atoms. The summed E-state index contributed by atoms with van der Waals surface area (Å²) in [7, 11) is 0. The van der Waals surface area contributed by atoms with Crippen LogP contribution in [0.4, 0.5) is 0 Å². The van der Waals surface area contributed by atoms with E-state index in [2.05, 4.69) is 15.0 Å². The number of hydrogen-bond donors (Lipinski definition) is 2. The monoisotopic (exact) mass is 211 g/mol. The molecule has 1 aromatic carbocycles. The van der Waals surface area contributed by atoms with Crippen LogP contribution in [0.3, 0.4) is 0 Å². The van der Waals surface area contributed by atoms with Crippen molar-refractivity contribution < 1.29 is 5.11 Å². The lowest BCUT2D eigenvalue weighted by atomic mass is 10.2. The summed E-state index contributed by atoms with van der Waals surface area (Å²) < 4.78 is 0. The van der Waals surface area contributed by atoms with Gasteiger partial charge in [0.2, 0.25) is 0 Å². The van der Waals surface area contributed by atoms with Gasteiger partial charge in [0.05, 0.1) is 0 Å². The van der Waals surface area contributed by atoms with E-state index in [1.807, 2.05) is 12.3 Å². The van der Waals surface area contributed by atoms with E-state index in [4.69, 9.17) is 0 Å². The molecule has 2 N–H and O–H groups in total. The van der Waals surface area contributed by atoms with Gasteiger partial charge in [-0.05, 0) is 30.3 Å². The van der Waals surface area contributed by atoms with Crippen LogP contribution < -0.4 is 0 Å². The van der Waals surface area contributed by atoms with Crippen molar-refractivity contribution in [2.75, 3.05) is 0 Å². The Balaban J connectivity index is 2.14. The first-order chi connectivity index (χ1) is 7.83. The molecular formula is C12H9N3O. The zero-order valence-electron chi connectivity index (χ0n) is 8.38. The van der Waals surface area contributed by atoms with Gasteiger partial charge >= 0.3 is 0 Å². The normalized spacial score (nSPS) is 10.8. The van der Waals surface area contributed by atoms with Crippen LogP contribution in [0.25, 0.3) is 22.4 Å². The van der Waals surface area contributed by atoms with Gasteiger partial charge in [-0.25, -0.2) is 9.97 Å². The van der Waals surface area contributed by atoms with Crippen LogP contribution in [0.15, 0.2) is 42.7 Å². The fraction of sp³-hybridized carbons (Fsp3) is 0. The largest absolute Gasteiger partial charge is 0.508 e. The number of benzene rings is 1. The molecule has 0 aliphatic rings. The SMILES string of the molecule is Oc1ccc(-c2ncc3cc[nH]c3n2)cc1. The van der Waals surface area contributed by atoms with Crippen molar-refractivity contribution in [3.63, 3.8) is 0 Å². The van der Waals surface area contributed by atoms with Crippen LogP contribution in [0, 0.1) is 0 Å². The molecule has 3 aromatic rings. The van der Waals surface area contributed by atoms with Crippen molar-refractivity contribution in [2.45, 2.75) is 0 Å². The Morgan fingerprint density at radius 1 is 1.06 bits per heavy atom. The average Bonchev–Trinajstić information content (AvgIpc) is 2.77. The maximum absolute atomic E-state index is 9.20. The fourth-order valence-corrected chi connectivity index (χ4v) is 1.59. The second-order valence-corrected chi connectivity index (χ2v) is 3.52. The van der Waals surface area contributed by atoms with E-state index in [0.717, 1.165) is 16.6 Å². The number of aromatic hydroxyl groups is 1. The summed E-state index contributed by atoms with van der Waals surface area (Å²) in [6.45, 7) is 0. The van der Waals surface area contributed by atoms with Gasteiger partial charge in [-0.3, -0.25) is 0 Å². The first-order valence-electron chi connectivity index (χ1n) is 4.92. The zero-order valence-corrected chi connectivity index (χ0v) is 8.38. The van der Waals surface area contributed by atoms with Crippen LogP contribution in [0.2, 0.25) is 0 Å². The lowest BCUT2D eigenvalue weighted by Gasteiger charge is -1.99. The van der Waals surface area contributed by atoms with Crippen LogP contribution in [0.1, 0.15) is 0 Å². The molecule has 2 aromatic heterocycles. The smallest absolute Gasteiger partial charge is 0.161 e. The minimum Gasteiger partial charge on any atom is -0.508 e. The minimum absolute atomic E-state index is 0.240. The van der Waals surface area contributed by atoms with Gasteiger partial charge in [0.25, 0.3) is 0 Å². The lowest BCUT2D eigenvalue weighted by Crippen LogP contribution is -1.88. The summed E-state index contributed by atoms with van der Waals surface area (Å²) in [6, 6.07) is 8.75. The first-order valence-corrected chi connectivity index (χ1v) is 4.92. The number of nitrogens with one attached hydrogen (secondary N) is 1. The second kappa shape index (κ2) is 3.34. The Hall–Kier alpha value is -2.36. The lowest BCUT2D eigenvalue weighted by molar-refractivity contribution is 0.475. The molecule has 0 bridgehead atoms. The predicted molar refractivity (Wildman–Crippen MR) is 61.0 cm³/mol. The number of fused-ring (bicyclic) bond motifs is 1. The second-order valence-electron chi connectivity index (χ2n) is 3.52. The Kier molecular flexibility index (Phi) is 1.86. The molecule has 3 rings (SSSR count). The molecular weight excluding hydrogens is 202 g/mol. The number of phenols is 1. The van der Waals surface area contributed by atoms with Crippen LogP contribution in [0.5, 0.6) is 5.75 Å². The van der Waals surface area contributed by atoms with Crippen LogP contribution in [-0.4, -0.2) is 20.1 Å². The minimum atomic E-state index is 0.240. The standard InChI is InChI=1S/C12H9N3O/c16-10-3-1-8(2-4-10)11-14-7-9-5-6-13-12(9)15-11/h1-7,16H,(H,13,14,15). The van der Waals surface area contributed by atoms with Gasteiger partial charge in [0.15, 0.2) is 5.82 Å². The molecule has 0 unspecified atom stereocenters. The number of H-pyrrole nitrogens is 1. The molecule has 0 radical (unpaired) electrons. The highest BCUT2D eigenvalue weighted by Crippen LogP contribution is 2.19. The molecule has 4 nitrogen and oxygen atoms in total. The number of aromatic nitrogens is 3. The maximum Gasteiger partial charge on any atom is 0.161 e. The molecule has 0 fully saturated rings. The molecule has 16 heavy (non-hydrogen) atoms. The maximum atomic E-state index is 9.20. The van der Waals surface area contributed by atoms with E-state index in [9.17, 15) is 5.11 Å². The van der Waals surface area contributed by atoms with Crippen molar-refractivity contribution in [2.24, 2.45) is 0 Å². The molecule has 4 heteroatoms. The molecule has 0 saturated carbocycles. The predicted octanol–water partition coefficient (Wildman–Crippen LogP) is 2.33. The van der Waals surface area contributed by atoms with Gasteiger partial charge in [0, 0.05) is 23.3 Å². The van der Waals surface area contributed by atoms with Gasteiger partial charge in [-0.15, -0.1) is 0 Å². The summed E-state index contributed by atoms with van der Waals surface area (Å²) in [6.07, 6.45) is 3.61. The Labute approximate surface area is 91.6 Å². The number of nitrogens with zero attached hydrogens (tertiary/aromatic N) is 2. The van der Waals surface area contributed by atoms with Gasteiger partial charge in [-0.2, -0.15) is 0 Å². The van der Waals surface area contributed by atoms with E-state index < -0.39 is 0 Å². The number of phenolic OH excluding ortho intramolecular Hbond substituents is 1. The third kappa shape index (κ3) is 1.40. The highest BCUT2D eigenvalue weighted by molar-refractivity contribution is 5.76. The van der Waals surface area contributed by atoms with Crippen LogP contribution >= 0.6 is 0 Å². The van der Waals surface area contributed by atoms with Crippen molar-refractivity contribution in [1.82, 2.24) is 15.0 Å². The van der Waals surface area contributed by atoms with Crippen molar-refractivity contribution >= 4 is 11.0 Å². The Morgan fingerprint density at radius 3 is 2.69 bits per heavy atom. The molecule has 0 aliphatic heterocycles. The van der Waals surface area contributed by atoms with Crippen molar-refractivity contribution in [1.29, 1.82) is 0 Å².